The molecule has 5 nitrogen and oxygen atoms in total. The summed E-state index contributed by atoms with van der Waals surface area (Å²) in [6.45, 7) is 12.4. The number of rotatable bonds is 6. The molecule has 1 heterocycles. The summed E-state index contributed by atoms with van der Waals surface area (Å²) in [6.07, 6.45) is 5.57. The zero-order chi connectivity index (χ0) is 16.7. The minimum atomic E-state index is 0. The van der Waals surface area contributed by atoms with E-state index in [1.165, 1.54) is 32.2 Å². The highest BCUT2D eigenvalue weighted by atomic mass is 127. The van der Waals surface area contributed by atoms with Crippen LogP contribution >= 0.6 is 24.0 Å². The Balaban J connectivity index is 0.00000288. The molecule has 1 aliphatic heterocycles. The normalized spacial score (nSPS) is 20.8. The second-order valence-electron chi connectivity index (χ2n) is 7.57. The van der Waals surface area contributed by atoms with Gasteiger partial charge in [0.1, 0.15) is 0 Å². The van der Waals surface area contributed by atoms with Gasteiger partial charge >= 0.3 is 0 Å². The van der Waals surface area contributed by atoms with Crippen LogP contribution in [-0.4, -0.2) is 86.6 Å². The summed E-state index contributed by atoms with van der Waals surface area (Å²) >= 11 is 0. The van der Waals surface area contributed by atoms with Crippen LogP contribution in [-0.2, 0) is 0 Å². The fraction of sp³-hybridized carbons (Fsp3) is 0.944. The van der Waals surface area contributed by atoms with Gasteiger partial charge in [-0.3, -0.25) is 9.89 Å². The highest BCUT2D eigenvalue weighted by Gasteiger charge is 2.21. The maximum atomic E-state index is 4.49. The van der Waals surface area contributed by atoms with Gasteiger partial charge in [-0.25, -0.2) is 0 Å². The Bertz CT molecular complexity index is 360. The molecule has 0 spiro atoms. The summed E-state index contributed by atoms with van der Waals surface area (Å²) in [5.74, 6) is 1.83. The molecular weight excluding hydrogens is 413 g/mol. The number of nitrogens with one attached hydrogen (secondary N) is 1. The topological polar surface area (TPSA) is 34.1 Å². The SMILES string of the molecule is CN=C(NCCN(C)C1CCCC1)N1CCN(CC(C)C)CC1.I. The molecule has 1 saturated carbocycles. The fourth-order valence-corrected chi connectivity index (χ4v) is 3.86. The van der Waals surface area contributed by atoms with Crippen molar-refractivity contribution in [3.63, 3.8) is 0 Å². The lowest BCUT2D eigenvalue weighted by Gasteiger charge is -2.37. The predicted molar refractivity (Wildman–Crippen MR) is 115 cm³/mol. The first-order chi connectivity index (χ1) is 11.1. The van der Waals surface area contributed by atoms with Gasteiger partial charge in [-0.2, -0.15) is 0 Å². The lowest BCUT2D eigenvalue weighted by molar-refractivity contribution is 0.163. The Morgan fingerprint density at radius 2 is 1.79 bits per heavy atom. The fourth-order valence-electron chi connectivity index (χ4n) is 3.86. The zero-order valence-electron chi connectivity index (χ0n) is 16.1. The summed E-state index contributed by atoms with van der Waals surface area (Å²) in [5, 5.41) is 3.56. The number of guanidine groups is 1. The molecule has 142 valence electrons. The first-order valence-corrected chi connectivity index (χ1v) is 9.48. The molecule has 1 aliphatic carbocycles. The van der Waals surface area contributed by atoms with Crippen LogP contribution < -0.4 is 5.32 Å². The van der Waals surface area contributed by atoms with E-state index >= 15 is 0 Å². The predicted octanol–water partition coefficient (Wildman–Crippen LogP) is 2.33. The van der Waals surface area contributed by atoms with Crippen molar-refractivity contribution in [1.82, 2.24) is 20.0 Å². The van der Waals surface area contributed by atoms with Crippen LogP contribution in [0.5, 0.6) is 0 Å². The van der Waals surface area contributed by atoms with Crippen LogP contribution in [0.3, 0.4) is 0 Å². The van der Waals surface area contributed by atoms with Gasteiger partial charge in [0.15, 0.2) is 5.96 Å². The minimum absolute atomic E-state index is 0. The molecule has 0 amide bonds. The van der Waals surface area contributed by atoms with Crippen LogP contribution in [0, 0.1) is 5.92 Å². The van der Waals surface area contributed by atoms with Crippen LogP contribution in [0.4, 0.5) is 0 Å². The standard InChI is InChI=1S/C18H37N5.HI/c1-16(2)15-22-11-13-23(14-12-22)18(19-3)20-9-10-21(4)17-7-5-6-8-17;/h16-17H,5-15H2,1-4H3,(H,19,20);1H. The number of nitrogens with zero attached hydrogens (tertiary/aromatic N) is 4. The molecule has 0 aromatic carbocycles. The van der Waals surface area contributed by atoms with Crippen LogP contribution in [0.15, 0.2) is 4.99 Å². The molecule has 24 heavy (non-hydrogen) atoms. The Morgan fingerprint density at radius 3 is 2.33 bits per heavy atom. The molecule has 0 radical (unpaired) electrons. The van der Waals surface area contributed by atoms with Gasteiger partial charge in [-0.1, -0.05) is 26.7 Å². The van der Waals surface area contributed by atoms with Gasteiger partial charge in [-0.15, -0.1) is 24.0 Å². The van der Waals surface area contributed by atoms with Crippen molar-refractivity contribution in [2.45, 2.75) is 45.6 Å². The molecule has 1 saturated heterocycles. The van der Waals surface area contributed by atoms with Crippen LogP contribution in [0.1, 0.15) is 39.5 Å². The van der Waals surface area contributed by atoms with Crippen molar-refractivity contribution < 1.29 is 0 Å². The largest absolute Gasteiger partial charge is 0.355 e. The van der Waals surface area contributed by atoms with Crippen molar-refractivity contribution >= 4 is 29.9 Å². The summed E-state index contributed by atoms with van der Waals surface area (Å²) in [5.41, 5.74) is 0. The van der Waals surface area contributed by atoms with Crippen molar-refractivity contribution in [3.05, 3.63) is 0 Å². The molecule has 0 unspecified atom stereocenters. The van der Waals surface area contributed by atoms with E-state index in [1.807, 2.05) is 7.05 Å². The Labute approximate surface area is 166 Å². The third-order valence-electron chi connectivity index (χ3n) is 5.20. The average molecular weight is 451 g/mol. The number of hydrogen-bond donors (Lipinski definition) is 1. The van der Waals surface area contributed by atoms with Gasteiger partial charge in [-0.05, 0) is 25.8 Å². The van der Waals surface area contributed by atoms with Crippen LogP contribution in [0.25, 0.3) is 0 Å². The maximum absolute atomic E-state index is 4.49. The second kappa shape index (κ2) is 11.5. The maximum Gasteiger partial charge on any atom is 0.193 e. The average Bonchev–Trinajstić information content (AvgIpc) is 3.06. The molecule has 2 fully saturated rings. The molecule has 0 aromatic rings. The van der Waals surface area contributed by atoms with E-state index in [4.69, 9.17) is 0 Å². The third-order valence-corrected chi connectivity index (χ3v) is 5.20. The summed E-state index contributed by atoms with van der Waals surface area (Å²) in [6, 6.07) is 0.804. The highest BCUT2D eigenvalue weighted by Crippen LogP contribution is 2.21. The molecule has 0 bridgehead atoms. The monoisotopic (exact) mass is 451 g/mol. The van der Waals surface area contributed by atoms with E-state index in [9.17, 15) is 0 Å². The smallest absolute Gasteiger partial charge is 0.193 e. The number of piperazine rings is 1. The van der Waals surface area contributed by atoms with Crippen molar-refractivity contribution in [2.24, 2.45) is 10.9 Å². The minimum Gasteiger partial charge on any atom is -0.355 e. The van der Waals surface area contributed by atoms with Crippen LogP contribution in [0.2, 0.25) is 0 Å². The van der Waals surface area contributed by atoms with Gasteiger partial charge in [0.2, 0.25) is 0 Å². The Kier molecular flexibility index (Phi) is 10.5. The number of hydrogen-bond acceptors (Lipinski definition) is 3. The van der Waals surface area contributed by atoms with Crippen molar-refractivity contribution in [3.8, 4) is 0 Å². The van der Waals surface area contributed by atoms with E-state index < -0.39 is 0 Å². The number of halogens is 1. The third kappa shape index (κ3) is 7.04. The Hall–Kier alpha value is -0.0800. The molecule has 2 aliphatic rings. The highest BCUT2D eigenvalue weighted by molar-refractivity contribution is 14.0. The van der Waals surface area contributed by atoms with E-state index in [2.05, 4.69) is 45.9 Å². The quantitative estimate of drug-likeness (QED) is 0.382. The number of likely N-dealkylation sites (N-methyl/N-ethyl adjacent to an activating group) is 1. The number of aliphatic imine (C=N–C) groups is 1. The second-order valence-corrected chi connectivity index (χ2v) is 7.57. The van der Waals surface area contributed by atoms with Crippen molar-refractivity contribution in [1.29, 1.82) is 0 Å². The van der Waals surface area contributed by atoms with E-state index in [-0.39, 0.29) is 24.0 Å². The van der Waals surface area contributed by atoms with E-state index in [0.717, 1.165) is 57.2 Å². The van der Waals surface area contributed by atoms with E-state index in [0.29, 0.717) is 0 Å². The molecule has 2 rings (SSSR count). The first-order valence-electron chi connectivity index (χ1n) is 9.48. The molecule has 1 N–H and O–H groups in total. The van der Waals surface area contributed by atoms with Gasteiger partial charge in [0.05, 0.1) is 0 Å². The van der Waals surface area contributed by atoms with Gasteiger partial charge < -0.3 is 15.1 Å². The zero-order valence-corrected chi connectivity index (χ0v) is 18.5. The van der Waals surface area contributed by atoms with Gasteiger partial charge in [0, 0.05) is 58.9 Å². The lowest BCUT2D eigenvalue weighted by atomic mass is 10.2. The first kappa shape index (κ1) is 22.0. The molecular formula is C18H38IN5. The molecule has 0 aromatic heterocycles. The van der Waals surface area contributed by atoms with Gasteiger partial charge in [0.25, 0.3) is 0 Å². The molecule has 6 heteroatoms. The van der Waals surface area contributed by atoms with Crippen molar-refractivity contribution in [2.75, 3.05) is 59.9 Å². The lowest BCUT2D eigenvalue weighted by Crippen LogP contribution is -2.53. The Morgan fingerprint density at radius 1 is 1.17 bits per heavy atom. The summed E-state index contributed by atoms with van der Waals surface area (Å²) in [4.78, 5) is 12.0. The summed E-state index contributed by atoms with van der Waals surface area (Å²) in [7, 11) is 4.18. The molecule has 0 atom stereocenters. The van der Waals surface area contributed by atoms with E-state index in [1.54, 1.807) is 0 Å². The summed E-state index contributed by atoms with van der Waals surface area (Å²) < 4.78 is 0.